The fraction of sp³-hybridized carbons (Fsp3) is 0.500. The summed E-state index contributed by atoms with van der Waals surface area (Å²) in [5.41, 5.74) is 10.6. The Morgan fingerprint density at radius 2 is 2.17 bits per heavy atom. The van der Waals surface area contributed by atoms with E-state index in [2.05, 4.69) is 4.99 Å². The Hall–Kier alpha value is -1.04. The van der Waals surface area contributed by atoms with Crippen LogP contribution in [-0.2, 0) is 9.84 Å². The summed E-state index contributed by atoms with van der Waals surface area (Å²) in [6, 6.07) is 0. The number of hydrogen-bond donors (Lipinski definition) is 2. The number of hydrogen-bond acceptors (Lipinski definition) is 5. The van der Waals surface area contributed by atoms with E-state index in [1.807, 2.05) is 0 Å². The number of rotatable bonds is 4. The van der Waals surface area contributed by atoms with Gasteiger partial charge in [0.2, 0.25) is 0 Å². The van der Waals surface area contributed by atoms with Crippen LogP contribution in [0, 0.1) is 0 Å². The highest BCUT2D eigenvalue weighted by molar-refractivity contribution is 7.90. The van der Waals surface area contributed by atoms with E-state index in [0.29, 0.717) is 5.70 Å². The van der Waals surface area contributed by atoms with Gasteiger partial charge in [-0.15, -0.1) is 0 Å². The van der Waals surface area contributed by atoms with Gasteiger partial charge in [-0.05, 0) is 0 Å². The third-order valence-electron chi connectivity index (χ3n) is 1.02. The van der Waals surface area contributed by atoms with Gasteiger partial charge in [0.25, 0.3) is 0 Å². The number of nitrogens with two attached hydrogens (primary N) is 2. The van der Waals surface area contributed by atoms with Crippen LogP contribution in [-0.4, -0.2) is 33.2 Å². The lowest BCUT2D eigenvalue weighted by Crippen LogP contribution is -2.07. The fourth-order valence-corrected chi connectivity index (χ4v) is 0.869. The molecule has 0 aromatic carbocycles. The molecule has 0 aromatic heterocycles. The molecule has 0 rings (SSSR count). The highest BCUT2D eigenvalue weighted by Crippen LogP contribution is 1.83. The first-order valence-corrected chi connectivity index (χ1v) is 5.36. The van der Waals surface area contributed by atoms with Crippen molar-refractivity contribution >= 4 is 16.1 Å². The van der Waals surface area contributed by atoms with Crippen LogP contribution < -0.4 is 11.5 Å². The Bertz CT molecular complexity index is 279. The van der Waals surface area contributed by atoms with Crippen molar-refractivity contribution in [2.45, 2.75) is 0 Å². The van der Waals surface area contributed by atoms with Gasteiger partial charge >= 0.3 is 0 Å². The van der Waals surface area contributed by atoms with Gasteiger partial charge in [-0.1, -0.05) is 0 Å². The Labute approximate surface area is 72.1 Å². The third kappa shape index (κ3) is 7.07. The number of nitrogens with zero attached hydrogens (tertiary/aromatic N) is 1. The first kappa shape index (κ1) is 11.0. The van der Waals surface area contributed by atoms with E-state index in [1.54, 1.807) is 0 Å². The minimum absolute atomic E-state index is 0.0291. The molecular formula is C6H13N3O2S. The summed E-state index contributed by atoms with van der Waals surface area (Å²) in [7, 11) is -2.93. The van der Waals surface area contributed by atoms with Crippen LogP contribution in [0.4, 0.5) is 0 Å². The van der Waals surface area contributed by atoms with Crippen molar-refractivity contribution in [1.82, 2.24) is 0 Å². The molecule has 12 heavy (non-hydrogen) atoms. The zero-order valence-electron chi connectivity index (χ0n) is 6.90. The summed E-state index contributed by atoms with van der Waals surface area (Å²) in [6.45, 7) is 0.216. The molecule has 0 atom stereocenters. The quantitative estimate of drug-likeness (QED) is 0.549. The summed E-state index contributed by atoms with van der Waals surface area (Å²) in [4.78, 5) is 3.75. The predicted molar refractivity (Wildman–Crippen MR) is 49.5 cm³/mol. The molecule has 70 valence electrons. The van der Waals surface area contributed by atoms with E-state index in [1.165, 1.54) is 12.4 Å². The lowest BCUT2D eigenvalue weighted by Gasteiger charge is -1.92. The van der Waals surface area contributed by atoms with Gasteiger partial charge in [-0.25, -0.2) is 8.42 Å². The van der Waals surface area contributed by atoms with E-state index in [4.69, 9.17) is 11.5 Å². The van der Waals surface area contributed by atoms with Crippen LogP contribution in [0.2, 0.25) is 0 Å². The van der Waals surface area contributed by atoms with Crippen molar-refractivity contribution in [3.8, 4) is 0 Å². The fourth-order valence-electron chi connectivity index (χ4n) is 0.432. The van der Waals surface area contributed by atoms with Gasteiger partial charge in [0.05, 0.1) is 18.0 Å². The molecule has 0 unspecified atom stereocenters. The van der Waals surface area contributed by atoms with Gasteiger partial charge in [0, 0.05) is 18.7 Å². The van der Waals surface area contributed by atoms with Gasteiger partial charge in [0.15, 0.2) is 0 Å². The summed E-state index contributed by atoms with van der Waals surface area (Å²) in [5, 5.41) is 0. The molecule has 0 amide bonds. The normalized spacial score (nSPS) is 13.9. The van der Waals surface area contributed by atoms with Crippen LogP contribution in [0.3, 0.4) is 0 Å². The minimum Gasteiger partial charge on any atom is -0.403 e. The van der Waals surface area contributed by atoms with Crippen molar-refractivity contribution in [1.29, 1.82) is 0 Å². The molecule has 0 radical (unpaired) electrons. The van der Waals surface area contributed by atoms with E-state index in [9.17, 15) is 8.42 Å². The van der Waals surface area contributed by atoms with Crippen molar-refractivity contribution in [2.75, 3.05) is 18.6 Å². The van der Waals surface area contributed by atoms with Gasteiger partial charge in [-0.2, -0.15) is 0 Å². The maximum Gasteiger partial charge on any atom is 0.149 e. The lowest BCUT2D eigenvalue weighted by molar-refractivity contribution is 0.601. The van der Waals surface area contributed by atoms with Crippen LogP contribution in [0.1, 0.15) is 0 Å². The van der Waals surface area contributed by atoms with Gasteiger partial charge < -0.3 is 11.5 Å². The Kier molecular flexibility index (Phi) is 4.35. The largest absolute Gasteiger partial charge is 0.403 e. The van der Waals surface area contributed by atoms with Crippen molar-refractivity contribution in [2.24, 2.45) is 16.5 Å². The predicted octanol–water partition coefficient (Wildman–Crippen LogP) is -1.14. The van der Waals surface area contributed by atoms with Crippen LogP contribution in [0.25, 0.3) is 0 Å². The first-order valence-electron chi connectivity index (χ1n) is 3.30. The highest BCUT2D eigenvalue weighted by atomic mass is 32.2. The molecule has 0 saturated heterocycles. The average molecular weight is 191 g/mol. The standard InChI is InChI=1S/C6H13N3O2S/c1-12(10,11)3-2-9-5-6(8)4-7/h4-5H,2-3,7-8H2,1H3. The molecule has 0 spiro atoms. The van der Waals surface area contributed by atoms with Gasteiger partial charge in [-0.3, -0.25) is 4.99 Å². The Balaban J connectivity index is 3.79. The zero-order chi connectivity index (χ0) is 9.61. The van der Waals surface area contributed by atoms with E-state index >= 15 is 0 Å². The summed E-state index contributed by atoms with van der Waals surface area (Å²) in [5.74, 6) is 0.0291. The summed E-state index contributed by atoms with van der Waals surface area (Å²) < 4.78 is 21.2. The Morgan fingerprint density at radius 3 is 2.58 bits per heavy atom. The zero-order valence-corrected chi connectivity index (χ0v) is 7.71. The maximum atomic E-state index is 10.6. The summed E-state index contributed by atoms with van der Waals surface area (Å²) >= 11 is 0. The highest BCUT2D eigenvalue weighted by Gasteiger charge is 1.98. The number of sulfone groups is 1. The molecular weight excluding hydrogens is 178 g/mol. The van der Waals surface area contributed by atoms with E-state index in [-0.39, 0.29) is 12.3 Å². The van der Waals surface area contributed by atoms with Crippen LogP contribution in [0.15, 0.2) is 16.9 Å². The molecule has 0 aliphatic carbocycles. The molecule has 0 aromatic rings. The van der Waals surface area contributed by atoms with Crippen molar-refractivity contribution < 1.29 is 8.42 Å². The van der Waals surface area contributed by atoms with Crippen LogP contribution in [0.5, 0.6) is 0 Å². The lowest BCUT2D eigenvalue weighted by atomic mass is 10.5. The Morgan fingerprint density at radius 1 is 1.58 bits per heavy atom. The average Bonchev–Trinajstić information content (AvgIpc) is 1.96. The van der Waals surface area contributed by atoms with E-state index < -0.39 is 9.84 Å². The minimum atomic E-state index is -2.93. The van der Waals surface area contributed by atoms with Crippen LogP contribution >= 0.6 is 0 Å². The smallest absolute Gasteiger partial charge is 0.149 e. The SMILES string of the molecule is CS(=O)(=O)CCN=CC(N)=CN. The molecule has 0 bridgehead atoms. The topological polar surface area (TPSA) is 98.5 Å². The molecule has 6 heteroatoms. The number of aliphatic imine (C=N–C) groups is 1. The second-order valence-corrected chi connectivity index (χ2v) is 4.59. The summed E-state index contributed by atoms with van der Waals surface area (Å²) in [6.07, 6.45) is 3.69. The molecule has 0 saturated carbocycles. The molecule has 0 fully saturated rings. The molecule has 0 aliphatic heterocycles. The van der Waals surface area contributed by atoms with Gasteiger partial charge in [0.1, 0.15) is 9.84 Å². The third-order valence-corrected chi connectivity index (χ3v) is 1.95. The molecule has 5 nitrogen and oxygen atoms in total. The molecule has 4 N–H and O–H groups in total. The second kappa shape index (κ2) is 4.76. The van der Waals surface area contributed by atoms with Crippen molar-refractivity contribution in [3.05, 3.63) is 11.9 Å². The number of allylic oxidation sites excluding steroid dienone is 1. The van der Waals surface area contributed by atoms with E-state index in [0.717, 1.165) is 6.26 Å². The van der Waals surface area contributed by atoms with Crippen molar-refractivity contribution in [3.63, 3.8) is 0 Å². The molecule has 0 aliphatic rings. The monoisotopic (exact) mass is 191 g/mol. The maximum absolute atomic E-state index is 10.6. The first-order chi connectivity index (χ1) is 5.45. The second-order valence-electron chi connectivity index (χ2n) is 2.33. The molecule has 0 heterocycles.